The molecule has 0 unspecified atom stereocenters. The maximum absolute atomic E-state index is 11.7. The highest BCUT2D eigenvalue weighted by molar-refractivity contribution is 7.86. The molecule has 1 N–H and O–H groups in total. The number of hydrogen-bond acceptors (Lipinski definition) is 6. The van der Waals surface area contributed by atoms with Crippen molar-refractivity contribution in [1.29, 1.82) is 0 Å². The summed E-state index contributed by atoms with van der Waals surface area (Å²) in [6.07, 6.45) is 0.282. The van der Waals surface area contributed by atoms with Crippen molar-refractivity contribution in [2.75, 3.05) is 25.5 Å². The van der Waals surface area contributed by atoms with Gasteiger partial charge < -0.3 is 10.1 Å². The molecule has 0 aliphatic rings. The summed E-state index contributed by atoms with van der Waals surface area (Å²) in [5, 5.41) is 2.52. The van der Waals surface area contributed by atoms with Crippen LogP contribution in [0, 0.1) is 11.3 Å². The first-order chi connectivity index (χ1) is 9.95. The van der Waals surface area contributed by atoms with Crippen LogP contribution in [-0.4, -0.2) is 45.8 Å². The summed E-state index contributed by atoms with van der Waals surface area (Å²) in [6, 6.07) is 0. The highest BCUT2D eigenvalue weighted by atomic mass is 32.2. The number of carbonyl (C=O) groups excluding carboxylic acids is 2. The lowest BCUT2D eigenvalue weighted by Gasteiger charge is -2.24. The quantitative estimate of drug-likeness (QED) is 0.364. The largest absolute Gasteiger partial charge is 0.465 e. The van der Waals surface area contributed by atoms with Crippen LogP contribution in [0.2, 0.25) is 0 Å². The number of amides is 1. The zero-order valence-electron chi connectivity index (χ0n) is 14.0. The number of nitrogens with one attached hydrogen (secondary N) is 1. The first-order valence-electron chi connectivity index (χ1n) is 7.23. The van der Waals surface area contributed by atoms with Gasteiger partial charge in [0, 0.05) is 18.9 Å². The molecule has 0 aromatic rings. The van der Waals surface area contributed by atoms with Crippen molar-refractivity contribution in [3.05, 3.63) is 0 Å². The Hall–Kier alpha value is -1.15. The third-order valence-electron chi connectivity index (χ3n) is 2.65. The van der Waals surface area contributed by atoms with Crippen LogP contribution in [-0.2, 0) is 28.6 Å². The molecule has 22 heavy (non-hydrogen) atoms. The van der Waals surface area contributed by atoms with Crippen LogP contribution in [0.1, 0.15) is 41.0 Å². The van der Waals surface area contributed by atoms with Gasteiger partial charge in [0.1, 0.15) is 0 Å². The number of ether oxygens (including phenoxy) is 1. The topological polar surface area (TPSA) is 98.8 Å². The molecule has 0 radical (unpaired) electrons. The molecule has 7 nitrogen and oxygen atoms in total. The third-order valence-corrected chi connectivity index (χ3v) is 3.92. The Balaban J connectivity index is 4.16. The lowest BCUT2D eigenvalue weighted by atomic mass is 9.96. The minimum atomic E-state index is -3.66. The molecular weight excluding hydrogens is 310 g/mol. The third kappa shape index (κ3) is 10.6. The second kappa shape index (κ2) is 9.09. The maximum Gasteiger partial charge on any atom is 0.308 e. The summed E-state index contributed by atoms with van der Waals surface area (Å²) in [5.41, 5.74) is -0.602. The van der Waals surface area contributed by atoms with Gasteiger partial charge in [0.15, 0.2) is 0 Å². The first kappa shape index (κ1) is 20.9. The second-order valence-electron chi connectivity index (χ2n) is 6.29. The average Bonchev–Trinajstić information content (AvgIpc) is 2.39. The molecule has 130 valence electrons. The molecule has 0 aromatic carbocycles. The van der Waals surface area contributed by atoms with Gasteiger partial charge in [0.2, 0.25) is 5.91 Å². The van der Waals surface area contributed by atoms with E-state index in [1.54, 1.807) is 27.7 Å². The van der Waals surface area contributed by atoms with Gasteiger partial charge in [-0.05, 0) is 6.42 Å². The molecule has 0 heterocycles. The highest BCUT2D eigenvalue weighted by Gasteiger charge is 2.25. The predicted octanol–water partition coefficient (Wildman–Crippen LogP) is 1.08. The lowest BCUT2D eigenvalue weighted by molar-refractivity contribution is -0.150. The number of rotatable bonds is 10. The fraction of sp³-hybridized carbons (Fsp3) is 0.857. The molecule has 0 atom stereocenters. The summed E-state index contributed by atoms with van der Waals surface area (Å²) in [6.45, 7) is 8.64. The fourth-order valence-corrected chi connectivity index (χ4v) is 2.41. The van der Waals surface area contributed by atoms with E-state index >= 15 is 0 Å². The Morgan fingerprint density at radius 2 is 1.77 bits per heavy atom. The predicted molar refractivity (Wildman–Crippen MR) is 82.6 cm³/mol. The van der Waals surface area contributed by atoms with Crippen molar-refractivity contribution in [3.8, 4) is 0 Å². The van der Waals surface area contributed by atoms with E-state index in [0.29, 0.717) is 0 Å². The van der Waals surface area contributed by atoms with Crippen molar-refractivity contribution in [1.82, 2.24) is 5.32 Å². The lowest BCUT2D eigenvalue weighted by Crippen LogP contribution is -2.30. The summed E-state index contributed by atoms with van der Waals surface area (Å²) in [7, 11) is -3.66. The molecule has 0 rings (SSSR count). The van der Waals surface area contributed by atoms with Crippen LogP contribution in [0.25, 0.3) is 0 Å². The summed E-state index contributed by atoms with van der Waals surface area (Å²) in [4.78, 5) is 22.1. The van der Waals surface area contributed by atoms with Gasteiger partial charge in [-0.25, -0.2) is 0 Å². The molecular formula is C14H27NO6S. The maximum atomic E-state index is 11.7. The van der Waals surface area contributed by atoms with Gasteiger partial charge >= 0.3 is 5.97 Å². The molecule has 0 aliphatic carbocycles. The highest BCUT2D eigenvalue weighted by Crippen LogP contribution is 2.18. The van der Waals surface area contributed by atoms with E-state index in [-0.39, 0.29) is 49.7 Å². The zero-order chi connectivity index (χ0) is 17.4. The van der Waals surface area contributed by atoms with Crippen molar-refractivity contribution >= 4 is 22.0 Å². The van der Waals surface area contributed by atoms with Gasteiger partial charge in [0.05, 0.1) is 24.9 Å². The molecule has 0 spiro atoms. The van der Waals surface area contributed by atoms with E-state index in [9.17, 15) is 18.0 Å². The molecule has 0 fully saturated rings. The monoisotopic (exact) mass is 337 g/mol. The smallest absolute Gasteiger partial charge is 0.308 e. The Bertz CT molecular complexity index is 470. The Kier molecular flexibility index (Phi) is 8.62. The van der Waals surface area contributed by atoms with Crippen molar-refractivity contribution in [2.24, 2.45) is 11.3 Å². The summed E-state index contributed by atoms with van der Waals surface area (Å²) in [5.74, 6) is -0.929. The summed E-state index contributed by atoms with van der Waals surface area (Å²) >= 11 is 0. The van der Waals surface area contributed by atoms with Crippen molar-refractivity contribution < 1.29 is 26.9 Å². The average molecular weight is 337 g/mol. The number of hydrogen-bond donors (Lipinski definition) is 1. The minimum absolute atomic E-state index is 0.0686. The molecule has 0 aromatic heterocycles. The van der Waals surface area contributed by atoms with Crippen molar-refractivity contribution in [3.63, 3.8) is 0 Å². The van der Waals surface area contributed by atoms with Crippen LogP contribution in [0.3, 0.4) is 0 Å². The Morgan fingerprint density at radius 1 is 1.18 bits per heavy atom. The van der Waals surface area contributed by atoms with Crippen LogP contribution in [0.5, 0.6) is 0 Å². The summed E-state index contributed by atoms with van der Waals surface area (Å²) < 4.78 is 33.5. The van der Waals surface area contributed by atoms with Crippen molar-refractivity contribution in [2.45, 2.75) is 41.0 Å². The molecule has 0 bridgehead atoms. The van der Waals surface area contributed by atoms with E-state index in [1.165, 1.54) is 6.92 Å². The molecule has 0 aliphatic heterocycles. The van der Waals surface area contributed by atoms with E-state index in [4.69, 9.17) is 8.92 Å². The van der Waals surface area contributed by atoms with Crippen LogP contribution >= 0.6 is 0 Å². The van der Waals surface area contributed by atoms with Gasteiger partial charge in [-0.15, -0.1) is 0 Å². The van der Waals surface area contributed by atoms with Gasteiger partial charge in [0.25, 0.3) is 10.1 Å². The number of carbonyl (C=O) groups is 2. The van der Waals surface area contributed by atoms with Crippen LogP contribution in [0.15, 0.2) is 0 Å². The first-order valence-corrected chi connectivity index (χ1v) is 8.81. The van der Waals surface area contributed by atoms with Gasteiger partial charge in [-0.2, -0.15) is 8.42 Å². The van der Waals surface area contributed by atoms with E-state index < -0.39 is 15.5 Å². The Labute approximate surface area is 132 Å². The molecule has 1 amide bonds. The van der Waals surface area contributed by atoms with Gasteiger partial charge in [-0.3, -0.25) is 13.8 Å². The van der Waals surface area contributed by atoms with E-state index in [2.05, 4.69) is 5.32 Å². The van der Waals surface area contributed by atoms with E-state index in [0.717, 1.165) is 0 Å². The van der Waals surface area contributed by atoms with E-state index in [1.807, 2.05) is 0 Å². The normalized spacial score (nSPS) is 12.3. The standard InChI is InChI=1S/C14H27NO6S/c1-11(2)13(17)20-9-14(4,5)10-21-22(18,19)8-6-7-15-12(3)16/h11H,6-10H2,1-5H3,(H,15,16). The zero-order valence-corrected chi connectivity index (χ0v) is 14.8. The Morgan fingerprint density at radius 3 is 2.27 bits per heavy atom. The fourth-order valence-electron chi connectivity index (χ4n) is 1.30. The van der Waals surface area contributed by atoms with Crippen LogP contribution < -0.4 is 5.32 Å². The van der Waals surface area contributed by atoms with Crippen LogP contribution in [0.4, 0.5) is 0 Å². The number of esters is 1. The molecule has 0 saturated heterocycles. The molecule has 0 saturated carbocycles. The minimum Gasteiger partial charge on any atom is -0.465 e. The SMILES string of the molecule is CC(=O)NCCCS(=O)(=O)OCC(C)(C)COC(=O)C(C)C. The van der Waals surface area contributed by atoms with Gasteiger partial charge in [-0.1, -0.05) is 27.7 Å². The molecule has 8 heteroatoms. The second-order valence-corrected chi connectivity index (χ2v) is 8.05.